The van der Waals surface area contributed by atoms with E-state index in [4.69, 9.17) is 5.73 Å². The highest BCUT2D eigenvalue weighted by Crippen LogP contribution is 2.36. The second kappa shape index (κ2) is 5.15. The van der Waals surface area contributed by atoms with Crippen LogP contribution in [0, 0.1) is 0 Å². The predicted molar refractivity (Wildman–Crippen MR) is 72.5 cm³/mol. The van der Waals surface area contributed by atoms with E-state index in [-0.39, 0.29) is 0 Å². The van der Waals surface area contributed by atoms with E-state index in [0.29, 0.717) is 10.3 Å². The fourth-order valence-corrected chi connectivity index (χ4v) is 3.06. The van der Waals surface area contributed by atoms with Gasteiger partial charge in [0.05, 0.1) is 4.47 Å². The highest BCUT2D eigenvalue weighted by Gasteiger charge is 2.12. The zero-order valence-electron chi connectivity index (χ0n) is 9.09. The number of rotatable bonds is 3. The number of hydrogen-bond donors (Lipinski definition) is 1. The first kappa shape index (κ1) is 12.5. The van der Waals surface area contributed by atoms with Gasteiger partial charge >= 0.3 is 0 Å². The SMILES string of the molecule is CN(C)c1nnc(Sc2ncnc(N)c2Br)s1. The maximum Gasteiger partial charge on any atom is 0.208 e. The van der Waals surface area contributed by atoms with Gasteiger partial charge in [-0.05, 0) is 27.7 Å². The van der Waals surface area contributed by atoms with Gasteiger partial charge in [0.2, 0.25) is 5.13 Å². The minimum Gasteiger partial charge on any atom is -0.383 e. The Kier molecular flexibility index (Phi) is 3.79. The van der Waals surface area contributed by atoms with Crippen LogP contribution in [0.15, 0.2) is 20.2 Å². The van der Waals surface area contributed by atoms with Crippen molar-refractivity contribution in [3.8, 4) is 0 Å². The lowest BCUT2D eigenvalue weighted by Crippen LogP contribution is -2.07. The topological polar surface area (TPSA) is 80.8 Å². The molecule has 17 heavy (non-hydrogen) atoms. The molecule has 90 valence electrons. The van der Waals surface area contributed by atoms with E-state index in [9.17, 15) is 0 Å². The Morgan fingerprint density at radius 1 is 1.35 bits per heavy atom. The lowest BCUT2D eigenvalue weighted by atomic mass is 10.6. The van der Waals surface area contributed by atoms with Crippen molar-refractivity contribution in [2.24, 2.45) is 0 Å². The van der Waals surface area contributed by atoms with E-state index in [1.807, 2.05) is 19.0 Å². The fourth-order valence-electron chi connectivity index (χ4n) is 0.945. The molecule has 0 amide bonds. The molecule has 2 heterocycles. The molecule has 2 aromatic rings. The van der Waals surface area contributed by atoms with Crippen LogP contribution in [0.3, 0.4) is 0 Å². The van der Waals surface area contributed by atoms with Crippen molar-refractivity contribution >= 4 is 50.0 Å². The summed E-state index contributed by atoms with van der Waals surface area (Å²) in [6.07, 6.45) is 1.43. The zero-order valence-corrected chi connectivity index (χ0v) is 12.3. The van der Waals surface area contributed by atoms with Gasteiger partial charge in [0.1, 0.15) is 17.2 Å². The normalized spacial score (nSPS) is 10.5. The highest BCUT2D eigenvalue weighted by molar-refractivity contribution is 9.10. The third kappa shape index (κ3) is 2.85. The summed E-state index contributed by atoms with van der Waals surface area (Å²) in [4.78, 5) is 9.93. The van der Waals surface area contributed by atoms with Crippen molar-refractivity contribution in [1.29, 1.82) is 0 Å². The average Bonchev–Trinajstić information content (AvgIpc) is 2.73. The third-order valence-electron chi connectivity index (χ3n) is 1.75. The van der Waals surface area contributed by atoms with Gasteiger partial charge in [0, 0.05) is 14.1 Å². The summed E-state index contributed by atoms with van der Waals surface area (Å²) in [6, 6.07) is 0. The van der Waals surface area contributed by atoms with Crippen molar-refractivity contribution in [2.45, 2.75) is 9.37 Å². The lowest BCUT2D eigenvalue weighted by Gasteiger charge is -2.04. The monoisotopic (exact) mass is 332 g/mol. The molecule has 0 spiro atoms. The van der Waals surface area contributed by atoms with Crippen LogP contribution in [0.25, 0.3) is 0 Å². The Morgan fingerprint density at radius 2 is 2.12 bits per heavy atom. The zero-order chi connectivity index (χ0) is 12.4. The molecule has 0 bridgehead atoms. The molecule has 0 saturated carbocycles. The molecule has 2 rings (SSSR count). The van der Waals surface area contributed by atoms with Crippen molar-refractivity contribution in [3.63, 3.8) is 0 Å². The van der Waals surface area contributed by atoms with Crippen molar-refractivity contribution in [2.75, 3.05) is 24.7 Å². The summed E-state index contributed by atoms with van der Waals surface area (Å²) in [5.74, 6) is 0.417. The minimum atomic E-state index is 0.417. The number of aromatic nitrogens is 4. The smallest absolute Gasteiger partial charge is 0.208 e. The van der Waals surface area contributed by atoms with Gasteiger partial charge in [-0.2, -0.15) is 0 Å². The number of anilines is 2. The first-order valence-electron chi connectivity index (χ1n) is 4.52. The number of nitrogen functional groups attached to an aromatic ring is 1. The van der Waals surface area contributed by atoms with E-state index in [1.165, 1.54) is 29.4 Å². The number of nitrogens with zero attached hydrogens (tertiary/aromatic N) is 5. The van der Waals surface area contributed by atoms with Crippen LogP contribution in [-0.2, 0) is 0 Å². The number of hydrogen-bond acceptors (Lipinski definition) is 8. The Labute approximate surface area is 115 Å². The molecule has 0 aliphatic rings. The van der Waals surface area contributed by atoms with E-state index < -0.39 is 0 Å². The predicted octanol–water partition coefficient (Wildman–Crippen LogP) is 1.89. The molecule has 0 aromatic carbocycles. The number of nitrogens with two attached hydrogens (primary N) is 1. The Balaban J connectivity index is 2.22. The summed E-state index contributed by atoms with van der Waals surface area (Å²) in [7, 11) is 3.85. The molecule has 2 aromatic heterocycles. The van der Waals surface area contributed by atoms with Gasteiger partial charge < -0.3 is 10.6 Å². The summed E-state index contributed by atoms with van der Waals surface area (Å²) < 4.78 is 1.50. The van der Waals surface area contributed by atoms with Crippen molar-refractivity contribution < 1.29 is 0 Å². The van der Waals surface area contributed by atoms with Gasteiger partial charge in [0.15, 0.2) is 4.34 Å². The summed E-state index contributed by atoms with van der Waals surface area (Å²) in [5.41, 5.74) is 5.68. The molecule has 0 saturated heterocycles. The molecule has 0 atom stereocenters. The van der Waals surface area contributed by atoms with Crippen LogP contribution in [0.4, 0.5) is 10.9 Å². The van der Waals surface area contributed by atoms with Crippen LogP contribution in [0.2, 0.25) is 0 Å². The standard InChI is InChI=1S/C8H9BrN6S2/c1-15(2)7-13-14-8(17-7)16-6-4(9)5(10)11-3-12-6/h3H,1-2H3,(H2,10,11,12). The molecule has 0 unspecified atom stereocenters. The van der Waals surface area contributed by atoms with Gasteiger partial charge in [-0.1, -0.05) is 11.3 Å². The van der Waals surface area contributed by atoms with E-state index >= 15 is 0 Å². The molecule has 0 aliphatic carbocycles. The summed E-state index contributed by atoms with van der Waals surface area (Å²) in [6.45, 7) is 0. The molecule has 0 fully saturated rings. The van der Waals surface area contributed by atoms with E-state index in [1.54, 1.807) is 0 Å². The molecular weight excluding hydrogens is 324 g/mol. The second-order valence-electron chi connectivity index (χ2n) is 3.23. The highest BCUT2D eigenvalue weighted by atomic mass is 79.9. The first-order valence-corrected chi connectivity index (χ1v) is 6.95. The minimum absolute atomic E-state index is 0.417. The van der Waals surface area contributed by atoms with Crippen LogP contribution in [0.5, 0.6) is 0 Å². The van der Waals surface area contributed by atoms with Crippen molar-refractivity contribution in [3.05, 3.63) is 10.8 Å². The Bertz CT molecular complexity index is 528. The van der Waals surface area contributed by atoms with Gasteiger partial charge in [-0.3, -0.25) is 0 Å². The fraction of sp³-hybridized carbons (Fsp3) is 0.250. The quantitative estimate of drug-likeness (QED) is 0.859. The lowest BCUT2D eigenvalue weighted by molar-refractivity contribution is 0.967. The molecule has 6 nitrogen and oxygen atoms in total. The van der Waals surface area contributed by atoms with Crippen LogP contribution < -0.4 is 10.6 Å². The van der Waals surface area contributed by atoms with Gasteiger partial charge in [-0.25, -0.2) is 9.97 Å². The maximum absolute atomic E-state index is 5.68. The average molecular weight is 333 g/mol. The van der Waals surface area contributed by atoms with E-state index in [2.05, 4.69) is 36.1 Å². The summed E-state index contributed by atoms with van der Waals surface area (Å²) >= 11 is 6.25. The number of halogens is 1. The maximum atomic E-state index is 5.68. The Morgan fingerprint density at radius 3 is 2.76 bits per heavy atom. The molecule has 0 radical (unpaired) electrons. The van der Waals surface area contributed by atoms with Crippen molar-refractivity contribution in [1.82, 2.24) is 20.2 Å². The van der Waals surface area contributed by atoms with Crippen LogP contribution in [0.1, 0.15) is 0 Å². The second-order valence-corrected chi connectivity index (χ2v) is 6.21. The third-order valence-corrected chi connectivity index (χ3v) is 4.94. The summed E-state index contributed by atoms with van der Waals surface area (Å²) in [5, 5.41) is 9.71. The van der Waals surface area contributed by atoms with Gasteiger partial charge in [0.25, 0.3) is 0 Å². The largest absolute Gasteiger partial charge is 0.383 e. The Hall–Kier alpha value is -0.930. The first-order chi connectivity index (χ1) is 8.08. The molecule has 2 N–H and O–H groups in total. The molecule has 0 aliphatic heterocycles. The van der Waals surface area contributed by atoms with Crippen LogP contribution >= 0.6 is 39.0 Å². The van der Waals surface area contributed by atoms with Gasteiger partial charge in [-0.15, -0.1) is 10.2 Å². The molecule has 9 heteroatoms. The van der Waals surface area contributed by atoms with Crippen LogP contribution in [-0.4, -0.2) is 34.3 Å². The molecular formula is C8H9BrN6S2. The van der Waals surface area contributed by atoms with E-state index in [0.717, 1.165) is 14.5 Å².